The summed E-state index contributed by atoms with van der Waals surface area (Å²) >= 11 is 11.7. The van der Waals surface area contributed by atoms with E-state index >= 15 is 0 Å². The van der Waals surface area contributed by atoms with Gasteiger partial charge < -0.3 is 9.47 Å². The molecule has 2 aromatic carbocycles. The summed E-state index contributed by atoms with van der Waals surface area (Å²) < 4.78 is 10.8. The van der Waals surface area contributed by atoms with Gasteiger partial charge in [-0.15, -0.1) is 0 Å². The van der Waals surface area contributed by atoms with Crippen molar-refractivity contribution in [1.82, 2.24) is 21.7 Å². The van der Waals surface area contributed by atoms with E-state index in [9.17, 15) is 19.2 Å². The summed E-state index contributed by atoms with van der Waals surface area (Å²) in [6.45, 7) is 3.04. The standard InChI is InChI=1S/C24H28Cl2N4O6/c1-15-11-17(25)7-9-19(15)35-13-23(33)29-27-21(31)5-3-4-6-22(32)28-30-24(34)14-36-20-10-8-18(26)12-16(20)2/h7-12H,3-6,13-14H2,1-2H3,(H,27,31)(H,28,32)(H,29,33)(H,30,34). The topological polar surface area (TPSA) is 135 Å². The van der Waals surface area contributed by atoms with Crippen LogP contribution < -0.4 is 31.2 Å². The summed E-state index contributed by atoms with van der Waals surface area (Å²) in [5.74, 6) is -0.839. The number of benzene rings is 2. The van der Waals surface area contributed by atoms with E-state index in [-0.39, 0.29) is 26.1 Å². The number of aryl methyl sites for hydroxylation is 2. The summed E-state index contributed by atoms with van der Waals surface area (Å²) in [6.07, 6.45) is 1.02. The van der Waals surface area contributed by atoms with Gasteiger partial charge in [-0.25, -0.2) is 0 Å². The molecule has 0 aromatic heterocycles. The number of ether oxygens (including phenoxy) is 2. The maximum atomic E-state index is 11.8. The van der Waals surface area contributed by atoms with Crippen molar-refractivity contribution in [2.75, 3.05) is 13.2 Å². The highest BCUT2D eigenvalue weighted by Gasteiger charge is 2.10. The molecule has 4 N–H and O–H groups in total. The Balaban J connectivity index is 1.52. The number of halogens is 2. The van der Waals surface area contributed by atoms with Gasteiger partial charge in [0.15, 0.2) is 13.2 Å². The fourth-order valence-corrected chi connectivity index (χ4v) is 3.34. The maximum absolute atomic E-state index is 11.8. The number of nitrogens with one attached hydrogen (secondary N) is 4. The van der Waals surface area contributed by atoms with Crippen LogP contribution in [-0.4, -0.2) is 36.8 Å². The van der Waals surface area contributed by atoms with E-state index in [1.165, 1.54) is 0 Å². The minimum Gasteiger partial charge on any atom is -0.483 e. The van der Waals surface area contributed by atoms with E-state index in [1.807, 2.05) is 0 Å². The van der Waals surface area contributed by atoms with Crippen LogP contribution in [0.3, 0.4) is 0 Å². The smallest absolute Gasteiger partial charge is 0.276 e. The first-order chi connectivity index (χ1) is 17.1. The third-order valence-corrected chi connectivity index (χ3v) is 5.20. The average molecular weight is 539 g/mol. The average Bonchev–Trinajstić information content (AvgIpc) is 2.83. The molecule has 0 bridgehead atoms. The Bertz CT molecular complexity index is 1010. The number of unbranched alkanes of at least 4 members (excludes halogenated alkanes) is 1. The molecule has 0 spiro atoms. The molecular formula is C24H28Cl2N4O6. The number of hydrazine groups is 2. The highest BCUT2D eigenvalue weighted by Crippen LogP contribution is 2.22. The molecule has 10 nitrogen and oxygen atoms in total. The van der Waals surface area contributed by atoms with Gasteiger partial charge in [-0.05, 0) is 74.2 Å². The second-order valence-corrected chi connectivity index (χ2v) is 8.67. The molecule has 0 aliphatic rings. The van der Waals surface area contributed by atoms with Crippen LogP contribution in [0.5, 0.6) is 11.5 Å². The van der Waals surface area contributed by atoms with Crippen molar-refractivity contribution in [2.24, 2.45) is 0 Å². The van der Waals surface area contributed by atoms with Crippen molar-refractivity contribution >= 4 is 46.8 Å². The minimum absolute atomic E-state index is 0.103. The van der Waals surface area contributed by atoms with Gasteiger partial charge in [0.25, 0.3) is 11.8 Å². The lowest BCUT2D eigenvalue weighted by molar-refractivity contribution is -0.130. The molecule has 36 heavy (non-hydrogen) atoms. The molecule has 0 aliphatic carbocycles. The Morgan fingerprint density at radius 2 is 1.00 bits per heavy atom. The van der Waals surface area contributed by atoms with Crippen LogP contribution >= 0.6 is 23.2 Å². The van der Waals surface area contributed by atoms with Gasteiger partial charge in [0.05, 0.1) is 0 Å². The molecule has 0 saturated heterocycles. The molecule has 0 atom stereocenters. The Hall–Kier alpha value is -3.50. The summed E-state index contributed by atoms with van der Waals surface area (Å²) in [7, 11) is 0. The summed E-state index contributed by atoms with van der Waals surface area (Å²) in [5, 5.41) is 1.13. The van der Waals surface area contributed by atoms with Crippen molar-refractivity contribution < 1.29 is 28.7 Å². The minimum atomic E-state index is -0.525. The second-order valence-electron chi connectivity index (χ2n) is 7.80. The van der Waals surface area contributed by atoms with Gasteiger partial charge in [-0.2, -0.15) is 0 Å². The Labute approximate surface area is 218 Å². The van der Waals surface area contributed by atoms with Crippen LogP contribution in [0.4, 0.5) is 0 Å². The van der Waals surface area contributed by atoms with Crippen LogP contribution in [0.15, 0.2) is 36.4 Å². The second kappa shape index (κ2) is 14.8. The normalized spacial score (nSPS) is 10.2. The van der Waals surface area contributed by atoms with Crippen LogP contribution in [0.25, 0.3) is 0 Å². The fourth-order valence-electron chi connectivity index (χ4n) is 2.88. The molecular weight excluding hydrogens is 511 g/mol. The van der Waals surface area contributed by atoms with E-state index < -0.39 is 23.6 Å². The van der Waals surface area contributed by atoms with E-state index in [2.05, 4.69) is 21.7 Å². The Kier molecular flexibility index (Phi) is 11.8. The monoisotopic (exact) mass is 538 g/mol. The van der Waals surface area contributed by atoms with Gasteiger partial charge >= 0.3 is 0 Å². The molecule has 194 valence electrons. The fraction of sp³-hybridized carbons (Fsp3) is 0.333. The lowest BCUT2D eigenvalue weighted by Gasteiger charge is -2.11. The van der Waals surface area contributed by atoms with Crippen molar-refractivity contribution in [2.45, 2.75) is 39.5 Å². The zero-order valence-electron chi connectivity index (χ0n) is 19.9. The molecule has 12 heteroatoms. The number of hydrogen-bond donors (Lipinski definition) is 4. The van der Waals surface area contributed by atoms with Crippen LogP contribution in [0.1, 0.15) is 36.8 Å². The van der Waals surface area contributed by atoms with Crippen molar-refractivity contribution in [3.63, 3.8) is 0 Å². The molecule has 0 heterocycles. The number of carbonyl (C=O) groups excluding carboxylic acids is 4. The molecule has 2 rings (SSSR count). The quantitative estimate of drug-likeness (QED) is 0.256. The lowest BCUT2D eigenvalue weighted by atomic mass is 10.2. The molecule has 2 aromatic rings. The van der Waals surface area contributed by atoms with Crippen LogP contribution in [-0.2, 0) is 19.2 Å². The maximum Gasteiger partial charge on any atom is 0.276 e. The molecule has 0 fully saturated rings. The number of hydrogen-bond acceptors (Lipinski definition) is 6. The third kappa shape index (κ3) is 10.8. The van der Waals surface area contributed by atoms with Crippen molar-refractivity contribution in [3.8, 4) is 11.5 Å². The highest BCUT2D eigenvalue weighted by atomic mass is 35.5. The first kappa shape index (κ1) is 28.7. The molecule has 4 amide bonds. The first-order valence-corrected chi connectivity index (χ1v) is 11.8. The molecule has 0 saturated carbocycles. The Morgan fingerprint density at radius 1 is 0.639 bits per heavy atom. The number of carbonyl (C=O) groups is 4. The predicted molar refractivity (Wildman–Crippen MR) is 134 cm³/mol. The zero-order chi connectivity index (χ0) is 26.5. The number of amides is 4. The summed E-state index contributed by atoms with van der Waals surface area (Å²) in [6, 6.07) is 10.0. The zero-order valence-corrected chi connectivity index (χ0v) is 21.4. The predicted octanol–water partition coefficient (Wildman–Crippen LogP) is 2.92. The van der Waals surface area contributed by atoms with Crippen LogP contribution in [0, 0.1) is 13.8 Å². The summed E-state index contributed by atoms with van der Waals surface area (Å²) in [4.78, 5) is 47.3. The summed E-state index contributed by atoms with van der Waals surface area (Å²) in [5.41, 5.74) is 10.7. The first-order valence-electron chi connectivity index (χ1n) is 11.1. The van der Waals surface area contributed by atoms with Gasteiger partial charge in [0.2, 0.25) is 11.8 Å². The Morgan fingerprint density at radius 3 is 1.36 bits per heavy atom. The van der Waals surface area contributed by atoms with Crippen molar-refractivity contribution in [3.05, 3.63) is 57.6 Å². The molecule has 0 radical (unpaired) electrons. The van der Waals surface area contributed by atoms with E-state index in [0.717, 1.165) is 11.1 Å². The molecule has 0 aliphatic heterocycles. The van der Waals surface area contributed by atoms with Gasteiger partial charge in [0.1, 0.15) is 11.5 Å². The molecule has 0 unspecified atom stereocenters. The SMILES string of the molecule is Cc1cc(Cl)ccc1OCC(=O)NNC(=O)CCCCC(=O)NNC(=O)COc1ccc(Cl)cc1C. The van der Waals surface area contributed by atoms with E-state index in [4.69, 9.17) is 32.7 Å². The highest BCUT2D eigenvalue weighted by molar-refractivity contribution is 6.31. The third-order valence-electron chi connectivity index (χ3n) is 4.73. The van der Waals surface area contributed by atoms with E-state index in [0.29, 0.717) is 34.4 Å². The van der Waals surface area contributed by atoms with Gasteiger partial charge in [-0.3, -0.25) is 40.9 Å². The van der Waals surface area contributed by atoms with Gasteiger partial charge in [-0.1, -0.05) is 23.2 Å². The largest absolute Gasteiger partial charge is 0.483 e. The van der Waals surface area contributed by atoms with Crippen LogP contribution in [0.2, 0.25) is 10.0 Å². The van der Waals surface area contributed by atoms with E-state index in [1.54, 1.807) is 50.2 Å². The van der Waals surface area contributed by atoms with Crippen molar-refractivity contribution in [1.29, 1.82) is 0 Å². The van der Waals surface area contributed by atoms with Gasteiger partial charge in [0, 0.05) is 22.9 Å². The number of rotatable bonds is 11. The lowest BCUT2D eigenvalue weighted by Crippen LogP contribution is -2.44.